The van der Waals surface area contributed by atoms with Crippen LogP contribution in [0, 0.1) is 20.8 Å². The number of fused-ring (bicyclic) bond motifs is 1. The fourth-order valence-corrected chi connectivity index (χ4v) is 3.17. The van der Waals surface area contributed by atoms with Gasteiger partial charge in [-0.3, -0.25) is 9.59 Å². The second kappa shape index (κ2) is 7.60. The minimum Gasteiger partial charge on any atom is -0.482 e. The summed E-state index contributed by atoms with van der Waals surface area (Å²) in [5.74, 6) is 0.612. The Bertz CT molecular complexity index is 825. The quantitative estimate of drug-likeness (QED) is 0.891. The lowest BCUT2D eigenvalue weighted by Gasteiger charge is -2.29. The van der Waals surface area contributed by atoms with Gasteiger partial charge in [0.1, 0.15) is 5.75 Å². The summed E-state index contributed by atoms with van der Waals surface area (Å²) in [5, 5.41) is 2.99. The number of para-hydroxylation sites is 1. The highest BCUT2D eigenvalue weighted by atomic mass is 16.5. The third-order valence-corrected chi connectivity index (χ3v) is 4.59. The molecule has 5 heteroatoms. The Hall–Kier alpha value is -2.82. The van der Waals surface area contributed by atoms with E-state index in [9.17, 15) is 9.59 Å². The van der Waals surface area contributed by atoms with Crippen LogP contribution in [0.3, 0.4) is 0 Å². The molecule has 2 aromatic carbocycles. The summed E-state index contributed by atoms with van der Waals surface area (Å²) in [6.07, 6.45) is 0.954. The van der Waals surface area contributed by atoms with Crippen LogP contribution in [-0.2, 0) is 9.59 Å². The molecule has 1 heterocycles. The second-order valence-corrected chi connectivity index (χ2v) is 6.72. The molecule has 0 aliphatic carbocycles. The van der Waals surface area contributed by atoms with Crippen LogP contribution >= 0.6 is 0 Å². The molecular formula is C21H24N2O3. The number of carbonyl (C=O) groups is 2. The van der Waals surface area contributed by atoms with E-state index in [1.54, 1.807) is 4.90 Å². The van der Waals surface area contributed by atoms with E-state index in [0.717, 1.165) is 33.8 Å². The lowest BCUT2D eigenvalue weighted by atomic mass is 10.1. The molecule has 0 aromatic heterocycles. The summed E-state index contributed by atoms with van der Waals surface area (Å²) in [6.45, 7) is 6.49. The number of nitrogens with zero attached hydrogens (tertiary/aromatic N) is 1. The van der Waals surface area contributed by atoms with E-state index in [4.69, 9.17) is 4.74 Å². The van der Waals surface area contributed by atoms with Crippen molar-refractivity contribution in [2.24, 2.45) is 0 Å². The Morgan fingerprint density at radius 1 is 1.15 bits per heavy atom. The summed E-state index contributed by atoms with van der Waals surface area (Å²) in [4.78, 5) is 26.2. The van der Waals surface area contributed by atoms with Gasteiger partial charge in [0, 0.05) is 18.7 Å². The molecule has 1 aliphatic heterocycles. The molecule has 0 spiro atoms. The van der Waals surface area contributed by atoms with Crippen LogP contribution < -0.4 is 15.0 Å². The molecule has 2 amide bonds. The van der Waals surface area contributed by atoms with E-state index in [1.165, 1.54) is 0 Å². The van der Waals surface area contributed by atoms with Crippen LogP contribution in [0.1, 0.15) is 29.5 Å². The molecular weight excluding hydrogens is 328 g/mol. The molecule has 136 valence electrons. The van der Waals surface area contributed by atoms with Gasteiger partial charge in [-0.25, -0.2) is 0 Å². The first-order valence-electron chi connectivity index (χ1n) is 8.85. The highest BCUT2D eigenvalue weighted by Gasteiger charge is 2.25. The van der Waals surface area contributed by atoms with Gasteiger partial charge >= 0.3 is 0 Å². The minimum absolute atomic E-state index is 0.0347. The lowest BCUT2D eigenvalue weighted by molar-refractivity contribution is -0.121. The van der Waals surface area contributed by atoms with Crippen LogP contribution in [0.2, 0.25) is 0 Å². The first kappa shape index (κ1) is 18.0. The first-order valence-corrected chi connectivity index (χ1v) is 8.85. The van der Waals surface area contributed by atoms with Gasteiger partial charge in [-0.2, -0.15) is 0 Å². The zero-order valence-corrected chi connectivity index (χ0v) is 15.5. The van der Waals surface area contributed by atoms with E-state index in [1.807, 2.05) is 57.2 Å². The fraction of sp³-hybridized carbons (Fsp3) is 0.333. The molecule has 26 heavy (non-hydrogen) atoms. The summed E-state index contributed by atoms with van der Waals surface area (Å²) >= 11 is 0. The minimum atomic E-state index is -0.0711. The zero-order valence-electron chi connectivity index (χ0n) is 15.5. The first-order chi connectivity index (χ1) is 12.5. The van der Waals surface area contributed by atoms with E-state index in [-0.39, 0.29) is 18.4 Å². The van der Waals surface area contributed by atoms with Gasteiger partial charge in [0.2, 0.25) is 5.91 Å². The normalized spacial score (nSPS) is 13.2. The lowest BCUT2D eigenvalue weighted by Crippen LogP contribution is -2.39. The summed E-state index contributed by atoms with van der Waals surface area (Å²) in [6, 6.07) is 11.7. The Balaban J connectivity index is 1.61. The predicted molar refractivity (Wildman–Crippen MR) is 103 cm³/mol. The van der Waals surface area contributed by atoms with Crippen molar-refractivity contribution in [3.8, 4) is 5.75 Å². The number of hydrogen-bond acceptors (Lipinski definition) is 3. The van der Waals surface area contributed by atoms with Gasteiger partial charge in [-0.15, -0.1) is 0 Å². The smallest absolute Gasteiger partial charge is 0.265 e. The van der Waals surface area contributed by atoms with Crippen LogP contribution in [-0.4, -0.2) is 25.0 Å². The highest BCUT2D eigenvalue weighted by Crippen LogP contribution is 2.33. The number of benzene rings is 2. The molecule has 0 unspecified atom stereocenters. The molecule has 0 saturated heterocycles. The zero-order chi connectivity index (χ0) is 18.7. The van der Waals surface area contributed by atoms with Crippen molar-refractivity contribution >= 4 is 23.2 Å². The molecule has 1 N–H and O–H groups in total. The Labute approximate surface area is 154 Å². The number of amides is 2. The molecule has 3 rings (SSSR count). The number of ether oxygens (including phenoxy) is 1. The Morgan fingerprint density at radius 3 is 2.62 bits per heavy atom. The van der Waals surface area contributed by atoms with Crippen LogP contribution in [0.15, 0.2) is 36.4 Å². The average Bonchev–Trinajstić information content (AvgIpc) is 2.60. The number of hydrogen-bond donors (Lipinski definition) is 1. The van der Waals surface area contributed by atoms with Gasteiger partial charge in [0.25, 0.3) is 5.91 Å². The number of rotatable bonds is 5. The molecule has 5 nitrogen and oxygen atoms in total. The van der Waals surface area contributed by atoms with Crippen molar-refractivity contribution in [3.63, 3.8) is 0 Å². The molecule has 0 radical (unpaired) electrons. The van der Waals surface area contributed by atoms with Crippen molar-refractivity contribution < 1.29 is 14.3 Å². The fourth-order valence-electron chi connectivity index (χ4n) is 3.17. The van der Waals surface area contributed by atoms with E-state index >= 15 is 0 Å². The maximum atomic E-state index is 12.3. The van der Waals surface area contributed by atoms with Crippen LogP contribution in [0.5, 0.6) is 5.75 Å². The third-order valence-electron chi connectivity index (χ3n) is 4.59. The standard InChI is InChI=1S/C21H24N2O3/c1-14-9-10-18-17(12-14)23(20(25)13-26-18)11-5-8-19(24)22-21-15(2)6-4-7-16(21)3/h4,6-7,9-10,12H,5,8,11,13H2,1-3H3,(H,22,24). The largest absolute Gasteiger partial charge is 0.482 e. The summed E-state index contributed by atoms with van der Waals surface area (Å²) < 4.78 is 5.48. The van der Waals surface area contributed by atoms with E-state index in [0.29, 0.717) is 19.4 Å². The number of nitrogens with one attached hydrogen (secondary N) is 1. The average molecular weight is 352 g/mol. The second-order valence-electron chi connectivity index (χ2n) is 6.72. The maximum absolute atomic E-state index is 12.3. The van der Waals surface area contributed by atoms with Crippen molar-refractivity contribution in [2.45, 2.75) is 33.6 Å². The predicted octanol–water partition coefficient (Wildman–Crippen LogP) is 3.76. The molecule has 1 aliphatic rings. The van der Waals surface area contributed by atoms with Gasteiger partial charge in [0.15, 0.2) is 6.61 Å². The molecule has 2 aromatic rings. The maximum Gasteiger partial charge on any atom is 0.265 e. The Morgan fingerprint density at radius 2 is 1.88 bits per heavy atom. The molecule has 0 saturated carbocycles. The van der Waals surface area contributed by atoms with Gasteiger partial charge in [-0.1, -0.05) is 24.3 Å². The van der Waals surface area contributed by atoms with Crippen molar-refractivity contribution in [2.75, 3.05) is 23.4 Å². The van der Waals surface area contributed by atoms with Crippen LogP contribution in [0.25, 0.3) is 0 Å². The van der Waals surface area contributed by atoms with Crippen molar-refractivity contribution in [1.29, 1.82) is 0 Å². The van der Waals surface area contributed by atoms with Crippen molar-refractivity contribution in [1.82, 2.24) is 0 Å². The number of aryl methyl sites for hydroxylation is 3. The molecule has 0 bridgehead atoms. The van der Waals surface area contributed by atoms with Gasteiger partial charge < -0.3 is 15.0 Å². The van der Waals surface area contributed by atoms with Crippen LogP contribution in [0.4, 0.5) is 11.4 Å². The van der Waals surface area contributed by atoms with E-state index < -0.39 is 0 Å². The van der Waals surface area contributed by atoms with E-state index in [2.05, 4.69) is 5.32 Å². The Kier molecular flexibility index (Phi) is 5.26. The topological polar surface area (TPSA) is 58.6 Å². The summed E-state index contributed by atoms with van der Waals surface area (Å²) in [7, 11) is 0. The monoisotopic (exact) mass is 352 g/mol. The van der Waals surface area contributed by atoms with Crippen molar-refractivity contribution in [3.05, 3.63) is 53.1 Å². The molecule has 0 fully saturated rings. The SMILES string of the molecule is Cc1ccc2c(c1)N(CCCC(=O)Nc1c(C)cccc1C)C(=O)CO2. The third kappa shape index (κ3) is 3.87. The van der Waals surface area contributed by atoms with Gasteiger partial charge in [0.05, 0.1) is 5.69 Å². The van der Waals surface area contributed by atoms with Gasteiger partial charge in [-0.05, 0) is 56.0 Å². The number of carbonyl (C=O) groups excluding carboxylic acids is 2. The summed E-state index contributed by atoms with van der Waals surface area (Å²) in [5.41, 5.74) is 4.83. The number of anilines is 2. The highest BCUT2D eigenvalue weighted by molar-refractivity contribution is 5.98. The molecule has 0 atom stereocenters.